The molecule has 1 aromatic heterocycles. The zero-order valence-corrected chi connectivity index (χ0v) is 7.44. The van der Waals surface area contributed by atoms with Gasteiger partial charge < -0.3 is 16.6 Å². The summed E-state index contributed by atoms with van der Waals surface area (Å²) in [5, 5.41) is 9.76. The van der Waals surface area contributed by atoms with Gasteiger partial charge in [0.1, 0.15) is 5.82 Å². The summed E-state index contributed by atoms with van der Waals surface area (Å²) in [5.41, 5.74) is 12.5. The molecule has 0 aliphatic heterocycles. The van der Waals surface area contributed by atoms with E-state index in [2.05, 4.69) is 9.97 Å². The van der Waals surface area contributed by atoms with Crippen molar-refractivity contribution in [1.82, 2.24) is 9.97 Å². The van der Waals surface area contributed by atoms with Crippen LogP contribution in [0.15, 0.2) is 18.2 Å². The molecule has 0 spiro atoms. The van der Waals surface area contributed by atoms with Crippen molar-refractivity contribution >= 4 is 22.7 Å². The average Bonchev–Trinajstić information content (AvgIpc) is 2.16. The molecule has 5 heteroatoms. The minimum atomic E-state index is -0.0885. The lowest BCUT2D eigenvalue weighted by atomic mass is 10.1. The van der Waals surface area contributed by atoms with E-state index >= 15 is 0 Å². The van der Waals surface area contributed by atoms with E-state index in [1.807, 2.05) is 0 Å². The third-order valence-corrected chi connectivity index (χ3v) is 2.03. The van der Waals surface area contributed by atoms with E-state index in [0.29, 0.717) is 22.3 Å². The van der Waals surface area contributed by atoms with E-state index in [0.717, 1.165) is 0 Å². The van der Waals surface area contributed by atoms with Crippen LogP contribution in [0.4, 0.5) is 11.8 Å². The van der Waals surface area contributed by atoms with Crippen LogP contribution < -0.4 is 11.5 Å². The standard InChI is InChI=1S/C9H10N4O/c10-8-7-5(4-14)2-1-3-6(7)12-9(11)13-8/h1-3,14H,4H2,(H4,10,11,12,13). The van der Waals surface area contributed by atoms with Gasteiger partial charge in [-0.05, 0) is 11.6 Å². The van der Waals surface area contributed by atoms with Crippen LogP contribution in [0.2, 0.25) is 0 Å². The lowest BCUT2D eigenvalue weighted by molar-refractivity contribution is 0.283. The molecule has 0 unspecified atom stereocenters. The Balaban J connectivity index is 2.87. The quantitative estimate of drug-likeness (QED) is 0.600. The molecule has 14 heavy (non-hydrogen) atoms. The zero-order valence-electron chi connectivity index (χ0n) is 7.44. The van der Waals surface area contributed by atoms with Gasteiger partial charge in [-0.3, -0.25) is 0 Å². The van der Waals surface area contributed by atoms with Crippen molar-refractivity contribution in [2.75, 3.05) is 11.5 Å². The normalized spacial score (nSPS) is 10.6. The Labute approximate surface area is 80.4 Å². The molecular formula is C9H10N4O. The second-order valence-corrected chi connectivity index (χ2v) is 2.94. The Morgan fingerprint density at radius 2 is 2.00 bits per heavy atom. The van der Waals surface area contributed by atoms with Gasteiger partial charge in [-0.2, -0.15) is 4.98 Å². The molecule has 0 radical (unpaired) electrons. The fourth-order valence-corrected chi connectivity index (χ4v) is 1.43. The van der Waals surface area contributed by atoms with E-state index in [1.165, 1.54) is 0 Å². The van der Waals surface area contributed by atoms with E-state index in [-0.39, 0.29) is 12.6 Å². The number of nitrogens with zero attached hydrogens (tertiary/aromatic N) is 2. The van der Waals surface area contributed by atoms with Crippen molar-refractivity contribution in [3.05, 3.63) is 23.8 Å². The second kappa shape index (κ2) is 3.12. The Bertz CT molecular complexity index is 483. The van der Waals surface area contributed by atoms with Crippen molar-refractivity contribution < 1.29 is 5.11 Å². The topological polar surface area (TPSA) is 98.0 Å². The van der Waals surface area contributed by atoms with Gasteiger partial charge in [-0.1, -0.05) is 12.1 Å². The molecule has 0 amide bonds. The minimum absolute atomic E-state index is 0.0885. The molecule has 0 fully saturated rings. The van der Waals surface area contributed by atoms with Crippen LogP contribution in [0, 0.1) is 0 Å². The summed E-state index contributed by atoms with van der Waals surface area (Å²) in [6.45, 7) is -0.0885. The molecule has 0 aliphatic carbocycles. The van der Waals surface area contributed by atoms with Gasteiger partial charge in [-0.25, -0.2) is 4.98 Å². The second-order valence-electron chi connectivity index (χ2n) is 2.94. The fourth-order valence-electron chi connectivity index (χ4n) is 1.43. The number of aliphatic hydroxyl groups excluding tert-OH is 1. The molecule has 5 N–H and O–H groups in total. The summed E-state index contributed by atoms with van der Waals surface area (Å²) in [4.78, 5) is 7.86. The van der Waals surface area contributed by atoms with E-state index in [4.69, 9.17) is 16.6 Å². The van der Waals surface area contributed by atoms with E-state index in [1.54, 1.807) is 18.2 Å². The summed E-state index contributed by atoms with van der Waals surface area (Å²) >= 11 is 0. The SMILES string of the molecule is Nc1nc(N)c2c(CO)cccc2n1. The maximum Gasteiger partial charge on any atom is 0.222 e. The minimum Gasteiger partial charge on any atom is -0.392 e. The number of hydrogen-bond donors (Lipinski definition) is 3. The van der Waals surface area contributed by atoms with Gasteiger partial charge in [0.25, 0.3) is 0 Å². The highest BCUT2D eigenvalue weighted by Gasteiger charge is 2.06. The molecule has 0 saturated heterocycles. The number of aliphatic hydroxyl groups is 1. The zero-order chi connectivity index (χ0) is 10.1. The molecule has 0 saturated carbocycles. The van der Waals surface area contributed by atoms with Crippen LogP contribution in [-0.4, -0.2) is 15.1 Å². The smallest absolute Gasteiger partial charge is 0.222 e. The molecular weight excluding hydrogens is 180 g/mol. The fraction of sp³-hybridized carbons (Fsp3) is 0.111. The molecule has 2 rings (SSSR count). The highest BCUT2D eigenvalue weighted by molar-refractivity contribution is 5.91. The lowest BCUT2D eigenvalue weighted by Crippen LogP contribution is -2.02. The Kier molecular flexibility index (Phi) is 1.94. The number of rotatable bonds is 1. The Morgan fingerprint density at radius 3 is 2.71 bits per heavy atom. The van der Waals surface area contributed by atoms with Crippen LogP contribution >= 0.6 is 0 Å². The van der Waals surface area contributed by atoms with Gasteiger partial charge in [0.15, 0.2) is 0 Å². The Hall–Kier alpha value is -1.88. The molecule has 1 aromatic carbocycles. The summed E-state index contributed by atoms with van der Waals surface area (Å²) in [7, 11) is 0. The van der Waals surface area contributed by atoms with Gasteiger partial charge in [0.2, 0.25) is 5.95 Å². The van der Waals surface area contributed by atoms with Gasteiger partial charge >= 0.3 is 0 Å². The van der Waals surface area contributed by atoms with Crippen molar-refractivity contribution in [3.8, 4) is 0 Å². The van der Waals surface area contributed by atoms with Crippen molar-refractivity contribution in [1.29, 1.82) is 0 Å². The predicted molar refractivity (Wildman–Crippen MR) is 54.3 cm³/mol. The van der Waals surface area contributed by atoms with Gasteiger partial charge in [0, 0.05) is 5.39 Å². The van der Waals surface area contributed by atoms with Crippen LogP contribution in [0.3, 0.4) is 0 Å². The summed E-state index contributed by atoms with van der Waals surface area (Å²) in [5.74, 6) is 0.447. The van der Waals surface area contributed by atoms with Crippen LogP contribution in [0.25, 0.3) is 10.9 Å². The van der Waals surface area contributed by atoms with Crippen molar-refractivity contribution in [2.45, 2.75) is 6.61 Å². The number of aromatic nitrogens is 2. The number of nitrogen functional groups attached to an aromatic ring is 2. The first-order valence-electron chi connectivity index (χ1n) is 4.14. The summed E-state index contributed by atoms with van der Waals surface area (Å²) in [6.07, 6.45) is 0. The number of nitrogens with two attached hydrogens (primary N) is 2. The number of benzene rings is 1. The van der Waals surface area contributed by atoms with Crippen molar-refractivity contribution in [3.63, 3.8) is 0 Å². The third kappa shape index (κ3) is 1.23. The highest BCUT2D eigenvalue weighted by atomic mass is 16.3. The third-order valence-electron chi connectivity index (χ3n) is 2.03. The van der Waals surface area contributed by atoms with Crippen LogP contribution in [0.5, 0.6) is 0 Å². The molecule has 72 valence electrons. The van der Waals surface area contributed by atoms with E-state index in [9.17, 15) is 0 Å². The largest absolute Gasteiger partial charge is 0.392 e. The van der Waals surface area contributed by atoms with E-state index < -0.39 is 0 Å². The predicted octanol–water partition coefficient (Wildman–Crippen LogP) is 0.286. The maximum atomic E-state index is 9.09. The first-order chi connectivity index (χ1) is 6.72. The Morgan fingerprint density at radius 1 is 1.21 bits per heavy atom. The van der Waals surface area contributed by atoms with Crippen LogP contribution in [-0.2, 0) is 6.61 Å². The number of anilines is 2. The maximum absolute atomic E-state index is 9.09. The average molecular weight is 190 g/mol. The number of fused-ring (bicyclic) bond motifs is 1. The molecule has 1 heterocycles. The number of hydrogen-bond acceptors (Lipinski definition) is 5. The summed E-state index contributed by atoms with van der Waals surface area (Å²) in [6, 6.07) is 5.35. The summed E-state index contributed by atoms with van der Waals surface area (Å²) < 4.78 is 0. The monoisotopic (exact) mass is 190 g/mol. The molecule has 0 aliphatic rings. The van der Waals surface area contributed by atoms with Gasteiger partial charge in [-0.15, -0.1) is 0 Å². The van der Waals surface area contributed by atoms with Crippen molar-refractivity contribution in [2.24, 2.45) is 0 Å². The molecule has 0 bridgehead atoms. The first-order valence-corrected chi connectivity index (χ1v) is 4.14. The first kappa shape index (κ1) is 8.71. The van der Waals surface area contributed by atoms with Gasteiger partial charge in [0.05, 0.1) is 12.1 Å². The van der Waals surface area contributed by atoms with Crippen LogP contribution in [0.1, 0.15) is 5.56 Å². The molecule has 2 aromatic rings. The molecule has 0 atom stereocenters. The lowest BCUT2D eigenvalue weighted by Gasteiger charge is -2.05. The highest BCUT2D eigenvalue weighted by Crippen LogP contribution is 2.22. The molecule has 5 nitrogen and oxygen atoms in total.